The minimum Gasteiger partial charge on any atom is -0.331 e. The molecule has 0 aliphatic carbocycles. The lowest BCUT2D eigenvalue weighted by atomic mass is 10.1. The van der Waals surface area contributed by atoms with Gasteiger partial charge < -0.3 is 15.5 Å². The second-order valence-corrected chi connectivity index (χ2v) is 6.40. The van der Waals surface area contributed by atoms with Crippen molar-refractivity contribution in [1.29, 1.82) is 0 Å². The molecular formula is C19H22ClN3O2. The summed E-state index contributed by atoms with van der Waals surface area (Å²) in [6.07, 6.45) is 0. The van der Waals surface area contributed by atoms with Gasteiger partial charge in [-0.25, -0.2) is 4.79 Å². The number of hydrogen-bond acceptors (Lipinski definition) is 2. The number of nitrogens with one attached hydrogen (secondary N) is 2. The van der Waals surface area contributed by atoms with Gasteiger partial charge in [0, 0.05) is 31.2 Å². The van der Waals surface area contributed by atoms with Crippen molar-refractivity contribution >= 4 is 29.2 Å². The van der Waals surface area contributed by atoms with E-state index in [1.54, 1.807) is 24.1 Å². The molecule has 25 heavy (non-hydrogen) atoms. The number of rotatable bonds is 5. The molecule has 6 heteroatoms. The number of urea groups is 1. The van der Waals surface area contributed by atoms with E-state index in [0.717, 1.165) is 11.1 Å². The van der Waals surface area contributed by atoms with Gasteiger partial charge in [0.1, 0.15) is 0 Å². The predicted molar refractivity (Wildman–Crippen MR) is 101 cm³/mol. The van der Waals surface area contributed by atoms with E-state index >= 15 is 0 Å². The molecule has 0 fully saturated rings. The van der Waals surface area contributed by atoms with Crippen molar-refractivity contribution in [2.75, 3.05) is 12.4 Å². The molecular weight excluding hydrogens is 338 g/mol. The van der Waals surface area contributed by atoms with Crippen LogP contribution < -0.4 is 10.6 Å². The van der Waals surface area contributed by atoms with Gasteiger partial charge in [0.2, 0.25) is 5.91 Å². The third kappa shape index (κ3) is 5.80. The van der Waals surface area contributed by atoms with E-state index in [2.05, 4.69) is 10.6 Å². The lowest BCUT2D eigenvalue weighted by Crippen LogP contribution is -2.38. The zero-order valence-electron chi connectivity index (χ0n) is 14.5. The third-order valence-corrected chi connectivity index (χ3v) is 3.98. The molecule has 132 valence electrons. The highest BCUT2D eigenvalue weighted by atomic mass is 35.5. The Labute approximate surface area is 153 Å². The molecule has 2 aromatic carbocycles. The van der Waals surface area contributed by atoms with Crippen molar-refractivity contribution in [3.63, 3.8) is 0 Å². The van der Waals surface area contributed by atoms with Gasteiger partial charge in [-0.15, -0.1) is 0 Å². The zero-order chi connectivity index (χ0) is 18.4. The Morgan fingerprint density at radius 2 is 1.84 bits per heavy atom. The molecule has 0 saturated carbocycles. The van der Waals surface area contributed by atoms with Gasteiger partial charge in [-0.1, -0.05) is 35.9 Å². The first kappa shape index (κ1) is 18.8. The van der Waals surface area contributed by atoms with E-state index in [9.17, 15) is 9.59 Å². The second kappa shape index (κ2) is 8.53. The SMILES string of the molecule is CC(=O)Nc1cccc(C(C)NC(=O)N(C)Cc2ccc(Cl)cc2)c1. The summed E-state index contributed by atoms with van der Waals surface area (Å²) in [5, 5.41) is 6.37. The Balaban J connectivity index is 1.96. The lowest BCUT2D eigenvalue weighted by Gasteiger charge is -2.22. The van der Waals surface area contributed by atoms with E-state index in [1.165, 1.54) is 6.92 Å². The Hall–Kier alpha value is -2.53. The fourth-order valence-corrected chi connectivity index (χ4v) is 2.53. The van der Waals surface area contributed by atoms with E-state index < -0.39 is 0 Å². The number of carbonyl (C=O) groups excluding carboxylic acids is 2. The van der Waals surface area contributed by atoms with Gasteiger partial charge in [0.05, 0.1) is 6.04 Å². The average Bonchev–Trinajstić information content (AvgIpc) is 2.56. The van der Waals surface area contributed by atoms with E-state index in [1.807, 2.05) is 43.3 Å². The first-order valence-corrected chi connectivity index (χ1v) is 8.36. The lowest BCUT2D eigenvalue weighted by molar-refractivity contribution is -0.114. The summed E-state index contributed by atoms with van der Waals surface area (Å²) in [7, 11) is 1.74. The third-order valence-electron chi connectivity index (χ3n) is 3.73. The Bertz CT molecular complexity index is 747. The standard InChI is InChI=1S/C19H22ClN3O2/c1-13(16-5-4-6-18(11-16)22-14(2)24)21-19(25)23(3)12-15-7-9-17(20)10-8-15/h4-11,13H,12H2,1-3H3,(H,21,25)(H,22,24). The summed E-state index contributed by atoms with van der Waals surface area (Å²) in [5.74, 6) is -0.128. The molecule has 0 saturated heterocycles. The highest BCUT2D eigenvalue weighted by molar-refractivity contribution is 6.30. The van der Waals surface area contributed by atoms with Gasteiger partial charge in [-0.3, -0.25) is 4.79 Å². The molecule has 3 amide bonds. The number of amides is 3. The summed E-state index contributed by atoms with van der Waals surface area (Å²) in [6.45, 7) is 3.85. The summed E-state index contributed by atoms with van der Waals surface area (Å²) >= 11 is 5.87. The van der Waals surface area contributed by atoms with Crippen LogP contribution in [0.4, 0.5) is 10.5 Å². The van der Waals surface area contributed by atoms with Crippen LogP contribution in [0.25, 0.3) is 0 Å². The van der Waals surface area contributed by atoms with Crippen LogP contribution in [0.1, 0.15) is 31.0 Å². The summed E-state index contributed by atoms with van der Waals surface area (Å²) in [5.41, 5.74) is 2.63. The van der Waals surface area contributed by atoms with Crippen molar-refractivity contribution in [1.82, 2.24) is 10.2 Å². The van der Waals surface area contributed by atoms with Crippen molar-refractivity contribution in [2.45, 2.75) is 26.4 Å². The minimum absolute atomic E-state index is 0.128. The molecule has 2 rings (SSSR count). The maximum Gasteiger partial charge on any atom is 0.317 e. The van der Waals surface area contributed by atoms with Crippen LogP contribution >= 0.6 is 11.6 Å². The minimum atomic E-state index is -0.186. The molecule has 0 aliphatic rings. The number of benzene rings is 2. The van der Waals surface area contributed by atoms with Crippen LogP contribution in [0, 0.1) is 0 Å². The van der Waals surface area contributed by atoms with E-state index in [4.69, 9.17) is 11.6 Å². The molecule has 5 nitrogen and oxygen atoms in total. The Morgan fingerprint density at radius 1 is 1.16 bits per heavy atom. The highest BCUT2D eigenvalue weighted by Gasteiger charge is 2.14. The molecule has 0 spiro atoms. The van der Waals surface area contributed by atoms with Crippen LogP contribution in [0.5, 0.6) is 0 Å². The summed E-state index contributed by atoms with van der Waals surface area (Å²) < 4.78 is 0. The maximum absolute atomic E-state index is 12.4. The molecule has 2 N–H and O–H groups in total. The smallest absolute Gasteiger partial charge is 0.317 e. The highest BCUT2D eigenvalue weighted by Crippen LogP contribution is 2.18. The molecule has 0 heterocycles. The Kier molecular flexibility index (Phi) is 6.42. The fraction of sp³-hybridized carbons (Fsp3) is 0.263. The summed E-state index contributed by atoms with van der Waals surface area (Å²) in [6, 6.07) is 14.5. The number of hydrogen-bond donors (Lipinski definition) is 2. The van der Waals surface area contributed by atoms with Gasteiger partial charge >= 0.3 is 6.03 Å². The van der Waals surface area contributed by atoms with Gasteiger partial charge in [-0.2, -0.15) is 0 Å². The van der Waals surface area contributed by atoms with Crippen LogP contribution in [-0.4, -0.2) is 23.9 Å². The van der Waals surface area contributed by atoms with E-state index in [-0.39, 0.29) is 18.0 Å². The fourth-order valence-electron chi connectivity index (χ4n) is 2.40. The second-order valence-electron chi connectivity index (χ2n) is 5.96. The quantitative estimate of drug-likeness (QED) is 0.840. The van der Waals surface area contributed by atoms with Gasteiger partial charge in [-0.05, 0) is 42.3 Å². The number of carbonyl (C=O) groups is 2. The number of anilines is 1. The largest absolute Gasteiger partial charge is 0.331 e. The van der Waals surface area contributed by atoms with Gasteiger partial charge in [0.25, 0.3) is 0 Å². The first-order chi connectivity index (χ1) is 11.8. The van der Waals surface area contributed by atoms with Crippen LogP contribution in [0.15, 0.2) is 48.5 Å². The molecule has 0 radical (unpaired) electrons. The van der Waals surface area contributed by atoms with Crippen molar-refractivity contribution in [3.05, 3.63) is 64.7 Å². The predicted octanol–water partition coefficient (Wildman–Crippen LogP) is 4.20. The normalized spacial score (nSPS) is 11.5. The van der Waals surface area contributed by atoms with Crippen LogP contribution in [0.2, 0.25) is 5.02 Å². The van der Waals surface area contributed by atoms with Crippen molar-refractivity contribution in [3.8, 4) is 0 Å². The maximum atomic E-state index is 12.4. The molecule has 2 aromatic rings. The topological polar surface area (TPSA) is 61.4 Å². The first-order valence-electron chi connectivity index (χ1n) is 7.99. The van der Waals surface area contributed by atoms with Crippen molar-refractivity contribution in [2.24, 2.45) is 0 Å². The van der Waals surface area contributed by atoms with Crippen LogP contribution in [0.3, 0.4) is 0 Å². The number of halogens is 1. The zero-order valence-corrected chi connectivity index (χ0v) is 15.3. The summed E-state index contributed by atoms with van der Waals surface area (Å²) in [4.78, 5) is 25.1. The monoisotopic (exact) mass is 359 g/mol. The number of nitrogens with zero attached hydrogens (tertiary/aromatic N) is 1. The molecule has 0 aliphatic heterocycles. The Morgan fingerprint density at radius 3 is 2.48 bits per heavy atom. The molecule has 0 bridgehead atoms. The van der Waals surface area contributed by atoms with Crippen LogP contribution in [-0.2, 0) is 11.3 Å². The average molecular weight is 360 g/mol. The van der Waals surface area contributed by atoms with E-state index in [0.29, 0.717) is 17.3 Å². The molecule has 1 unspecified atom stereocenters. The molecule has 0 aromatic heterocycles. The van der Waals surface area contributed by atoms with Gasteiger partial charge in [0.15, 0.2) is 0 Å². The molecule has 1 atom stereocenters. The van der Waals surface area contributed by atoms with Crippen molar-refractivity contribution < 1.29 is 9.59 Å².